The summed E-state index contributed by atoms with van der Waals surface area (Å²) in [7, 11) is -4.34. The maximum atomic E-state index is 12.3. The van der Waals surface area contributed by atoms with E-state index in [9.17, 15) is 16.8 Å². The Morgan fingerprint density at radius 2 is 1.46 bits per heavy atom. The zero-order valence-electron chi connectivity index (χ0n) is 13.5. The van der Waals surface area contributed by atoms with Crippen LogP contribution >= 0.6 is 0 Å². The van der Waals surface area contributed by atoms with Crippen LogP contribution in [0.5, 0.6) is 0 Å². The molecular weight excluding hydrogens is 348 g/mol. The number of benzene rings is 2. The first-order valence-corrected chi connectivity index (χ1v) is 10.3. The van der Waals surface area contributed by atoms with Gasteiger partial charge in [0.25, 0.3) is 0 Å². The van der Waals surface area contributed by atoms with Crippen LogP contribution in [0.1, 0.15) is 11.1 Å². The Hall–Kier alpha value is -1.74. The summed E-state index contributed by atoms with van der Waals surface area (Å²) in [6.07, 6.45) is 0. The molecule has 2 aromatic rings. The van der Waals surface area contributed by atoms with Crippen molar-refractivity contribution in [3.05, 3.63) is 65.7 Å². The Kier molecular flexibility index (Phi) is 5.76. The van der Waals surface area contributed by atoms with Gasteiger partial charge in [0.1, 0.15) is 0 Å². The van der Waals surface area contributed by atoms with Gasteiger partial charge in [0.05, 0.1) is 10.6 Å². The fraction of sp³-hybridized carbons (Fsp3) is 0.250. The highest BCUT2D eigenvalue weighted by molar-refractivity contribution is 7.89. The van der Waals surface area contributed by atoms with Crippen LogP contribution < -0.4 is 4.72 Å². The second-order valence-electron chi connectivity index (χ2n) is 5.46. The van der Waals surface area contributed by atoms with E-state index in [4.69, 9.17) is 0 Å². The summed E-state index contributed by atoms with van der Waals surface area (Å²) in [6, 6.07) is 15.2. The Labute approximate surface area is 143 Å². The van der Waals surface area contributed by atoms with Gasteiger partial charge in [0.15, 0.2) is 0 Å². The average Bonchev–Trinajstić information content (AvgIpc) is 2.53. The van der Waals surface area contributed by atoms with Crippen molar-refractivity contribution < 1.29 is 16.8 Å². The molecule has 0 bridgehead atoms. The highest BCUT2D eigenvalue weighted by atomic mass is 32.2. The van der Waals surface area contributed by atoms with E-state index in [1.165, 1.54) is 20.2 Å². The Bertz CT molecular complexity index is 893. The summed E-state index contributed by atoms with van der Waals surface area (Å²) in [4.78, 5) is 0.0948. The number of hydrogen-bond donors (Lipinski definition) is 1. The van der Waals surface area contributed by atoms with E-state index in [0.717, 1.165) is 4.31 Å². The molecule has 1 N–H and O–H groups in total. The van der Waals surface area contributed by atoms with Gasteiger partial charge in [-0.15, -0.1) is 0 Å². The predicted octanol–water partition coefficient (Wildman–Crippen LogP) is 1.56. The predicted molar refractivity (Wildman–Crippen MR) is 93.2 cm³/mol. The first-order valence-electron chi connectivity index (χ1n) is 7.24. The smallest absolute Gasteiger partial charge is 0.212 e. The number of nitrogens with zero attached hydrogens (tertiary/aromatic N) is 1. The second kappa shape index (κ2) is 7.43. The standard InChI is InChI=1S/C16H20N2O4S2/c1-18(2)24(21,22)16-11-7-6-10-15(16)12-17-23(19,20)13-14-8-4-3-5-9-14/h3-11,17H,12-13H2,1-2H3. The van der Waals surface area contributed by atoms with Crippen molar-refractivity contribution in [3.63, 3.8) is 0 Å². The van der Waals surface area contributed by atoms with Crippen LogP contribution in [-0.2, 0) is 32.3 Å². The molecule has 0 atom stereocenters. The molecule has 6 nitrogen and oxygen atoms in total. The van der Waals surface area contributed by atoms with Crippen molar-refractivity contribution in [2.24, 2.45) is 0 Å². The summed E-state index contributed by atoms with van der Waals surface area (Å²) < 4.78 is 52.6. The molecule has 0 heterocycles. The van der Waals surface area contributed by atoms with Crippen molar-refractivity contribution in [3.8, 4) is 0 Å². The SMILES string of the molecule is CN(C)S(=O)(=O)c1ccccc1CNS(=O)(=O)Cc1ccccc1. The molecule has 0 unspecified atom stereocenters. The molecular formula is C16H20N2O4S2. The fourth-order valence-corrected chi connectivity index (χ4v) is 4.35. The first-order chi connectivity index (χ1) is 11.2. The minimum absolute atomic E-state index is 0.0849. The zero-order valence-corrected chi connectivity index (χ0v) is 15.1. The van der Waals surface area contributed by atoms with Crippen LogP contribution in [0.3, 0.4) is 0 Å². The molecule has 0 saturated heterocycles. The van der Waals surface area contributed by atoms with Crippen LogP contribution in [0.15, 0.2) is 59.5 Å². The molecule has 24 heavy (non-hydrogen) atoms. The van der Waals surface area contributed by atoms with E-state index in [1.807, 2.05) is 6.07 Å². The molecule has 2 rings (SSSR count). The van der Waals surface area contributed by atoms with E-state index >= 15 is 0 Å². The molecule has 2 aromatic carbocycles. The molecule has 8 heteroatoms. The van der Waals surface area contributed by atoms with Gasteiger partial charge in [0, 0.05) is 20.6 Å². The lowest BCUT2D eigenvalue weighted by molar-refractivity contribution is 0.519. The molecule has 0 aromatic heterocycles. The van der Waals surface area contributed by atoms with Gasteiger partial charge < -0.3 is 0 Å². The van der Waals surface area contributed by atoms with Crippen LogP contribution in [-0.4, -0.2) is 35.2 Å². The molecule has 0 aliphatic rings. The van der Waals surface area contributed by atoms with E-state index in [1.54, 1.807) is 42.5 Å². The number of nitrogens with one attached hydrogen (secondary N) is 1. The molecule has 0 radical (unpaired) electrons. The van der Waals surface area contributed by atoms with E-state index in [-0.39, 0.29) is 17.2 Å². The maximum absolute atomic E-state index is 12.3. The van der Waals surface area contributed by atoms with Crippen LogP contribution in [0.4, 0.5) is 0 Å². The molecule has 0 aliphatic carbocycles. The number of sulfonamides is 2. The Morgan fingerprint density at radius 3 is 2.08 bits per heavy atom. The third kappa shape index (κ3) is 4.64. The fourth-order valence-electron chi connectivity index (χ4n) is 2.13. The number of rotatable bonds is 7. The lowest BCUT2D eigenvalue weighted by Crippen LogP contribution is -2.27. The summed E-state index contributed by atoms with van der Waals surface area (Å²) >= 11 is 0. The lowest BCUT2D eigenvalue weighted by Gasteiger charge is -2.15. The van der Waals surface area contributed by atoms with E-state index in [2.05, 4.69) is 4.72 Å². The van der Waals surface area contributed by atoms with Gasteiger partial charge in [-0.2, -0.15) is 0 Å². The summed E-state index contributed by atoms with van der Waals surface area (Å²) in [6.45, 7) is -0.0849. The van der Waals surface area contributed by atoms with Gasteiger partial charge in [-0.05, 0) is 17.2 Å². The van der Waals surface area contributed by atoms with Crippen molar-refractivity contribution in [1.82, 2.24) is 9.03 Å². The summed E-state index contributed by atoms with van der Waals surface area (Å²) in [5.41, 5.74) is 1.07. The quantitative estimate of drug-likeness (QED) is 0.804. The third-order valence-corrected chi connectivity index (χ3v) is 6.63. The van der Waals surface area contributed by atoms with Gasteiger partial charge in [-0.1, -0.05) is 48.5 Å². The largest absolute Gasteiger partial charge is 0.242 e. The van der Waals surface area contributed by atoms with Crippen LogP contribution in [0.25, 0.3) is 0 Å². The summed E-state index contributed by atoms with van der Waals surface area (Å²) in [5, 5.41) is 0. The minimum Gasteiger partial charge on any atom is -0.212 e. The average molecular weight is 368 g/mol. The van der Waals surface area contributed by atoms with Crippen LogP contribution in [0.2, 0.25) is 0 Å². The maximum Gasteiger partial charge on any atom is 0.242 e. The molecule has 0 spiro atoms. The van der Waals surface area contributed by atoms with Crippen molar-refractivity contribution in [1.29, 1.82) is 0 Å². The second-order valence-corrected chi connectivity index (χ2v) is 9.39. The minimum atomic E-state index is -3.64. The topological polar surface area (TPSA) is 83.6 Å². The zero-order chi connectivity index (χ0) is 17.8. The molecule has 0 saturated carbocycles. The van der Waals surface area contributed by atoms with Gasteiger partial charge in [-0.3, -0.25) is 0 Å². The molecule has 0 fully saturated rings. The highest BCUT2D eigenvalue weighted by Crippen LogP contribution is 2.18. The Balaban J connectivity index is 2.18. The first kappa shape index (κ1) is 18.6. The molecule has 0 aliphatic heterocycles. The highest BCUT2D eigenvalue weighted by Gasteiger charge is 2.21. The third-order valence-electron chi connectivity index (χ3n) is 3.41. The monoisotopic (exact) mass is 368 g/mol. The van der Waals surface area contributed by atoms with Crippen molar-refractivity contribution in [2.45, 2.75) is 17.2 Å². The van der Waals surface area contributed by atoms with Gasteiger partial charge >= 0.3 is 0 Å². The normalized spacial score (nSPS) is 12.5. The Morgan fingerprint density at radius 1 is 0.875 bits per heavy atom. The summed E-state index contributed by atoms with van der Waals surface area (Å²) in [5.74, 6) is -0.156. The van der Waals surface area contributed by atoms with Crippen molar-refractivity contribution >= 4 is 20.0 Å². The van der Waals surface area contributed by atoms with Crippen molar-refractivity contribution in [2.75, 3.05) is 14.1 Å². The molecule has 0 amide bonds. The number of hydrogen-bond acceptors (Lipinski definition) is 4. The van der Waals surface area contributed by atoms with Crippen LogP contribution in [0, 0.1) is 0 Å². The van der Waals surface area contributed by atoms with Gasteiger partial charge in [-0.25, -0.2) is 25.9 Å². The molecule has 130 valence electrons. The van der Waals surface area contributed by atoms with Gasteiger partial charge in [0.2, 0.25) is 20.0 Å². The lowest BCUT2D eigenvalue weighted by atomic mass is 10.2. The van der Waals surface area contributed by atoms with E-state index in [0.29, 0.717) is 11.1 Å². The van der Waals surface area contributed by atoms with E-state index < -0.39 is 20.0 Å².